The number of benzene rings is 1. The Kier molecular flexibility index (Phi) is 6.53. The molecule has 0 saturated carbocycles. The van der Waals surface area contributed by atoms with Crippen molar-refractivity contribution in [1.29, 1.82) is 0 Å². The van der Waals surface area contributed by atoms with Gasteiger partial charge in [-0.2, -0.15) is 16.9 Å². The van der Waals surface area contributed by atoms with E-state index in [4.69, 9.17) is 4.98 Å². The van der Waals surface area contributed by atoms with E-state index in [-0.39, 0.29) is 6.04 Å². The number of aryl methyl sites for hydroxylation is 1. The summed E-state index contributed by atoms with van der Waals surface area (Å²) in [5.41, 5.74) is 5.89. The number of hydrogen-bond donors (Lipinski definition) is 2. The van der Waals surface area contributed by atoms with Gasteiger partial charge < -0.3 is 14.9 Å². The predicted molar refractivity (Wildman–Crippen MR) is 130 cm³/mol. The Morgan fingerprint density at radius 3 is 2.71 bits per heavy atom. The molecule has 31 heavy (non-hydrogen) atoms. The second-order valence-electron chi connectivity index (χ2n) is 8.31. The van der Waals surface area contributed by atoms with Crippen molar-refractivity contribution < 1.29 is 0 Å². The molecule has 0 unspecified atom stereocenters. The van der Waals surface area contributed by atoms with Crippen LogP contribution >= 0.6 is 11.8 Å². The molecule has 0 spiro atoms. The fourth-order valence-electron chi connectivity index (χ4n) is 4.18. The van der Waals surface area contributed by atoms with Crippen LogP contribution in [-0.2, 0) is 6.54 Å². The van der Waals surface area contributed by atoms with E-state index in [1.807, 2.05) is 30.1 Å². The van der Waals surface area contributed by atoms with Crippen LogP contribution in [0.15, 0.2) is 42.6 Å². The van der Waals surface area contributed by atoms with Gasteiger partial charge in [0.1, 0.15) is 11.6 Å². The molecule has 0 aliphatic heterocycles. The van der Waals surface area contributed by atoms with Crippen molar-refractivity contribution in [1.82, 2.24) is 29.6 Å². The summed E-state index contributed by atoms with van der Waals surface area (Å²) in [6.45, 7) is 9.48. The molecule has 4 aromatic rings. The Labute approximate surface area is 188 Å². The van der Waals surface area contributed by atoms with Crippen LogP contribution < -0.4 is 5.32 Å². The van der Waals surface area contributed by atoms with Crippen LogP contribution in [0, 0.1) is 13.8 Å². The van der Waals surface area contributed by atoms with E-state index >= 15 is 0 Å². The number of thioether (sulfide) groups is 1. The van der Waals surface area contributed by atoms with E-state index in [1.165, 1.54) is 17.0 Å². The summed E-state index contributed by atoms with van der Waals surface area (Å²) >= 11 is 1.87. The summed E-state index contributed by atoms with van der Waals surface area (Å²) in [6.07, 6.45) is 5.06. The van der Waals surface area contributed by atoms with Crippen molar-refractivity contribution in [3.8, 4) is 5.82 Å². The van der Waals surface area contributed by atoms with Crippen molar-refractivity contribution in [2.24, 2.45) is 0 Å². The molecule has 2 N–H and O–H groups in total. The molecular weight excluding hydrogens is 404 g/mol. The maximum absolute atomic E-state index is 4.85. The molecular formula is C24H32N6S. The third-order valence-corrected chi connectivity index (χ3v) is 6.43. The lowest BCUT2D eigenvalue weighted by Gasteiger charge is -2.17. The van der Waals surface area contributed by atoms with E-state index < -0.39 is 0 Å². The van der Waals surface area contributed by atoms with Gasteiger partial charge in [-0.1, -0.05) is 12.1 Å². The van der Waals surface area contributed by atoms with Crippen LogP contribution in [0.2, 0.25) is 0 Å². The zero-order valence-electron chi connectivity index (χ0n) is 19.0. The Bertz CT molecular complexity index is 1120. The number of nitrogens with one attached hydrogen (secondary N) is 2. The molecule has 3 heterocycles. The second-order valence-corrected chi connectivity index (χ2v) is 9.30. The summed E-state index contributed by atoms with van der Waals surface area (Å²) in [7, 11) is 0. The molecule has 6 nitrogen and oxygen atoms in total. The summed E-state index contributed by atoms with van der Waals surface area (Å²) in [5.74, 6) is 3.22. The number of rotatable bonds is 9. The average Bonchev–Trinajstić information content (AvgIpc) is 3.45. The van der Waals surface area contributed by atoms with Crippen molar-refractivity contribution in [3.05, 3.63) is 65.4 Å². The Hall–Kier alpha value is -2.51. The van der Waals surface area contributed by atoms with Crippen molar-refractivity contribution in [2.75, 3.05) is 12.0 Å². The minimum Gasteiger partial charge on any atom is -0.341 e. The largest absolute Gasteiger partial charge is 0.341 e. The second kappa shape index (κ2) is 9.32. The van der Waals surface area contributed by atoms with E-state index in [2.05, 4.69) is 82.9 Å². The van der Waals surface area contributed by atoms with E-state index in [1.54, 1.807) is 0 Å². The van der Waals surface area contributed by atoms with Gasteiger partial charge in [0, 0.05) is 30.0 Å². The lowest BCUT2D eigenvalue weighted by molar-refractivity contribution is 0.500. The average molecular weight is 437 g/mol. The van der Waals surface area contributed by atoms with Crippen LogP contribution in [0.5, 0.6) is 0 Å². The van der Waals surface area contributed by atoms with Crippen LogP contribution in [-0.4, -0.2) is 36.3 Å². The van der Waals surface area contributed by atoms with Crippen molar-refractivity contribution >= 4 is 22.8 Å². The molecule has 7 heteroatoms. The molecule has 1 atom stereocenters. The third kappa shape index (κ3) is 4.43. The SMILES string of the molecule is CSCC[C@H](NCc1cc(C)n(-c2ccnn2C(C)C)c1C)c1nc2ccccc2[nH]1. The summed E-state index contributed by atoms with van der Waals surface area (Å²) in [4.78, 5) is 8.37. The summed E-state index contributed by atoms with van der Waals surface area (Å²) < 4.78 is 4.38. The molecule has 0 bridgehead atoms. The summed E-state index contributed by atoms with van der Waals surface area (Å²) in [5, 5.41) is 8.29. The van der Waals surface area contributed by atoms with Crippen molar-refractivity contribution in [2.45, 2.75) is 52.7 Å². The lowest BCUT2D eigenvalue weighted by atomic mass is 10.2. The van der Waals surface area contributed by atoms with Gasteiger partial charge in [-0.3, -0.25) is 0 Å². The molecule has 164 valence electrons. The van der Waals surface area contributed by atoms with Crippen LogP contribution in [0.3, 0.4) is 0 Å². The molecule has 0 radical (unpaired) electrons. The fourth-order valence-corrected chi connectivity index (χ4v) is 4.66. The van der Waals surface area contributed by atoms with Crippen molar-refractivity contribution in [3.63, 3.8) is 0 Å². The predicted octanol–water partition coefficient (Wildman–Crippen LogP) is 5.33. The number of para-hydroxylation sites is 2. The Balaban J connectivity index is 1.58. The number of aromatic amines is 1. The molecule has 0 saturated heterocycles. The quantitative estimate of drug-likeness (QED) is 0.372. The Morgan fingerprint density at radius 2 is 1.97 bits per heavy atom. The lowest BCUT2D eigenvalue weighted by Crippen LogP contribution is -2.23. The first-order chi connectivity index (χ1) is 15.0. The fraction of sp³-hybridized carbons (Fsp3) is 0.417. The first-order valence-corrected chi connectivity index (χ1v) is 12.3. The highest BCUT2D eigenvalue weighted by Crippen LogP contribution is 2.25. The van der Waals surface area contributed by atoms with Gasteiger partial charge in [-0.05, 0) is 69.9 Å². The minimum atomic E-state index is 0.184. The number of hydrogen-bond acceptors (Lipinski definition) is 4. The van der Waals surface area contributed by atoms with Gasteiger partial charge >= 0.3 is 0 Å². The number of H-pyrrole nitrogens is 1. The number of imidazole rings is 1. The van der Waals surface area contributed by atoms with Gasteiger partial charge in [0.25, 0.3) is 0 Å². The molecule has 4 rings (SSSR count). The standard InChI is InChI=1S/C24H32N6S/c1-16(2)30-23(10-12-26-30)29-17(3)14-19(18(29)4)15-25-22(11-13-31-5)24-27-20-8-6-7-9-21(20)28-24/h6-10,12,14,16,22,25H,11,13,15H2,1-5H3,(H,27,28)/t22-/m0/s1. The van der Waals surface area contributed by atoms with Gasteiger partial charge in [0.2, 0.25) is 0 Å². The molecule has 0 fully saturated rings. The minimum absolute atomic E-state index is 0.184. The van der Waals surface area contributed by atoms with E-state index in [0.717, 1.165) is 41.4 Å². The van der Waals surface area contributed by atoms with Gasteiger partial charge in [-0.25, -0.2) is 9.67 Å². The van der Waals surface area contributed by atoms with Crippen LogP contribution in [0.4, 0.5) is 0 Å². The smallest absolute Gasteiger partial charge is 0.135 e. The monoisotopic (exact) mass is 436 g/mol. The van der Waals surface area contributed by atoms with Gasteiger partial charge in [-0.15, -0.1) is 0 Å². The zero-order valence-corrected chi connectivity index (χ0v) is 19.8. The normalized spacial score (nSPS) is 12.8. The first kappa shape index (κ1) is 21.7. The third-order valence-electron chi connectivity index (χ3n) is 5.79. The van der Waals surface area contributed by atoms with E-state index in [9.17, 15) is 0 Å². The molecule has 0 aliphatic carbocycles. The highest BCUT2D eigenvalue weighted by Gasteiger charge is 2.19. The first-order valence-electron chi connectivity index (χ1n) is 10.9. The number of aromatic nitrogens is 5. The number of nitrogens with zero attached hydrogens (tertiary/aromatic N) is 4. The number of fused-ring (bicyclic) bond motifs is 1. The topological polar surface area (TPSA) is 63.5 Å². The highest BCUT2D eigenvalue weighted by atomic mass is 32.2. The molecule has 1 aromatic carbocycles. The molecule has 0 amide bonds. The van der Waals surface area contributed by atoms with Crippen LogP contribution in [0.25, 0.3) is 16.9 Å². The van der Waals surface area contributed by atoms with E-state index in [0.29, 0.717) is 6.04 Å². The Morgan fingerprint density at radius 1 is 1.16 bits per heavy atom. The van der Waals surface area contributed by atoms with Gasteiger partial charge in [0.15, 0.2) is 0 Å². The maximum atomic E-state index is 4.85. The van der Waals surface area contributed by atoms with Gasteiger partial charge in [0.05, 0.1) is 23.3 Å². The zero-order chi connectivity index (χ0) is 22.0. The summed E-state index contributed by atoms with van der Waals surface area (Å²) in [6, 6.07) is 13.1. The van der Waals surface area contributed by atoms with Crippen LogP contribution in [0.1, 0.15) is 55.1 Å². The molecule has 0 aliphatic rings. The highest BCUT2D eigenvalue weighted by molar-refractivity contribution is 7.98. The molecule has 3 aromatic heterocycles. The maximum Gasteiger partial charge on any atom is 0.135 e.